The molecule has 138 valence electrons. The molecule has 0 radical (unpaired) electrons. The number of nitrogens with one attached hydrogen (secondary N) is 2. The van der Waals surface area contributed by atoms with Gasteiger partial charge in [-0.3, -0.25) is 4.79 Å². The van der Waals surface area contributed by atoms with Gasteiger partial charge in [0.05, 0.1) is 13.4 Å². The van der Waals surface area contributed by atoms with Crippen molar-refractivity contribution in [3.05, 3.63) is 35.9 Å². The molecule has 7 nitrogen and oxygen atoms in total. The van der Waals surface area contributed by atoms with Crippen molar-refractivity contribution in [1.29, 1.82) is 0 Å². The van der Waals surface area contributed by atoms with Gasteiger partial charge in [0, 0.05) is 13.3 Å². The number of carbonyl (C=O) groups excluding carboxylic acids is 2. The van der Waals surface area contributed by atoms with Crippen LogP contribution in [-0.4, -0.2) is 46.7 Å². The van der Waals surface area contributed by atoms with E-state index in [0.29, 0.717) is 6.42 Å². The zero-order valence-corrected chi connectivity index (χ0v) is 15.9. The van der Waals surface area contributed by atoms with Crippen LogP contribution in [-0.2, 0) is 30.8 Å². The van der Waals surface area contributed by atoms with Gasteiger partial charge in [0.25, 0.3) is 0 Å². The van der Waals surface area contributed by atoms with E-state index in [9.17, 15) is 18.0 Å². The number of esters is 1. The first-order valence-corrected chi connectivity index (χ1v) is 9.36. The highest BCUT2D eigenvalue weighted by atomic mass is 32.2. The molecule has 0 aliphatic heterocycles. The number of sulfonamides is 1. The van der Waals surface area contributed by atoms with Crippen LogP contribution >= 0.6 is 0 Å². The second-order valence-electron chi connectivity index (χ2n) is 4.44. The normalized spacial score (nSPS) is 10.9. The van der Waals surface area contributed by atoms with Crippen molar-refractivity contribution in [2.24, 2.45) is 0 Å². The van der Waals surface area contributed by atoms with Crippen LogP contribution in [0.25, 0.3) is 0 Å². The van der Waals surface area contributed by atoms with Gasteiger partial charge in [-0.25, -0.2) is 17.9 Å². The van der Waals surface area contributed by atoms with Gasteiger partial charge in [0.2, 0.25) is 15.9 Å². The number of hydrogen-bond acceptors (Lipinski definition) is 5. The molecule has 0 saturated heterocycles. The van der Waals surface area contributed by atoms with Crippen molar-refractivity contribution < 1.29 is 22.7 Å². The van der Waals surface area contributed by atoms with E-state index >= 15 is 0 Å². The number of benzene rings is 1. The van der Waals surface area contributed by atoms with Gasteiger partial charge in [0.15, 0.2) is 0 Å². The minimum Gasteiger partial charge on any atom is -0.467 e. The van der Waals surface area contributed by atoms with Crippen molar-refractivity contribution in [3.8, 4) is 0 Å². The monoisotopic (exact) mass is 360 g/mol. The molecule has 24 heavy (non-hydrogen) atoms. The molecule has 0 saturated carbocycles. The lowest BCUT2D eigenvalue weighted by atomic mass is 10.1. The summed E-state index contributed by atoms with van der Waals surface area (Å²) in [6.45, 7) is 5.38. The average Bonchev–Trinajstić information content (AvgIpc) is 2.56. The molecule has 0 aliphatic rings. The molecular formula is C16H28N2O5S. The maximum Gasteiger partial charge on any atom is 0.328 e. The zero-order valence-electron chi connectivity index (χ0n) is 15.1. The Morgan fingerprint density at radius 2 is 1.62 bits per heavy atom. The summed E-state index contributed by atoms with van der Waals surface area (Å²) in [6, 6.07) is 8.85. The first-order valence-electron chi connectivity index (χ1n) is 7.47. The van der Waals surface area contributed by atoms with Crippen LogP contribution < -0.4 is 10.0 Å². The fourth-order valence-electron chi connectivity index (χ4n) is 1.43. The molecule has 0 bridgehead atoms. The summed E-state index contributed by atoms with van der Waals surface area (Å²) in [5.41, 5.74) is 0.978. The Labute approximate surface area is 144 Å². The third kappa shape index (κ3) is 13.7. The Hall–Kier alpha value is -1.93. The van der Waals surface area contributed by atoms with E-state index in [-0.39, 0.29) is 5.91 Å². The van der Waals surface area contributed by atoms with E-state index in [1.807, 2.05) is 44.2 Å². The Balaban J connectivity index is 0. The zero-order chi connectivity index (χ0) is 19.2. The molecule has 2 N–H and O–H groups in total. The molecule has 1 amide bonds. The van der Waals surface area contributed by atoms with E-state index in [1.54, 1.807) is 0 Å². The van der Waals surface area contributed by atoms with Gasteiger partial charge in [-0.15, -0.1) is 0 Å². The molecular weight excluding hydrogens is 332 g/mol. The van der Waals surface area contributed by atoms with Crippen LogP contribution in [0.5, 0.6) is 0 Å². The third-order valence-electron chi connectivity index (χ3n) is 2.52. The molecule has 1 rings (SSSR count). The van der Waals surface area contributed by atoms with Crippen molar-refractivity contribution in [1.82, 2.24) is 10.0 Å². The second kappa shape index (κ2) is 13.5. The molecule has 0 fully saturated rings. The fourth-order valence-corrected chi connectivity index (χ4v) is 1.43. The summed E-state index contributed by atoms with van der Waals surface area (Å²) in [6.07, 6.45) is 1.54. The summed E-state index contributed by atoms with van der Waals surface area (Å²) in [5.74, 6) is -0.676. The number of rotatable bonds is 5. The lowest BCUT2D eigenvalue weighted by molar-refractivity contribution is -0.144. The quantitative estimate of drug-likeness (QED) is 0.766. The maximum atomic E-state index is 11.4. The number of carbonyl (C=O) groups is 2. The van der Waals surface area contributed by atoms with E-state index in [1.165, 1.54) is 21.1 Å². The summed E-state index contributed by atoms with van der Waals surface area (Å²) in [4.78, 5) is 22.4. The van der Waals surface area contributed by atoms with Crippen LogP contribution in [0.2, 0.25) is 0 Å². The topological polar surface area (TPSA) is 102 Å². The first kappa shape index (κ1) is 24.3. The van der Waals surface area contributed by atoms with Crippen LogP contribution in [0, 0.1) is 0 Å². The van der Waals surface area contributed by atoms with Gasteiger partial charge in [-0.1, -0.05) is 44.2 Å². The lowest BCUT2D eigenvalue weighted by Crippen LogP contribution is -2.41. The molecule has 0 aliphatic carbocycles. The molecule has 1 aromatic carbocycles. The van der Waals surface area contributed by atoms with Gasteiger partial charge in [-0.05, 0) is 12.6 Å². The van der Waals surface area contributed by atoms with E-state index in [2.05, 4.69) is 14.8 Å². The van der Waals surface area contributed by atoms with Gasteiger partial charge >= 0.3 is 5.97 Å². The lowest BCUT2D eigenvalue weighted by Gasteiger charge is -2.15. The second-order valence-corrected chi connectivity index (χ2v) is 6.39. The van der Waals surface area contributed by atoms with Gasteiger partial charge in [-0.2, -0.15) is 0 Å². The van der Waals surface area contributed by atoms with Crippen molar-refractivity contribution in [2.45, 2.75) is 33.2 Å². The number of ether oxygens (including phenoxy) is 1. The summed E-state index contributed by atoms with van der Waals surface area (Å²) in [7, 11) is -0.234. The van der Waals surface area contributed by atoms with Crippen molar-refractivity contribution >= 4 is 21.9 Å². The number of amides is 1. The van der Waals surface area contributed by atoms with Gasteiger partial charge in [0.1, 0.15) is 6.04 Å². The largest absolute Gasteiger partial charge is 0.467 e. The molecule has 1 atom stereocenters. The molecule has 0 heterocycles. The van der Waals surface area contributed by atoms with Crippen LogP contribution in [0.15, 0.2) is 30.3 Å². The Morgan fingerprint density at radius 1 is 1.17 bits per heavy atom. The molecule has 8 heteroatoms. The predicted octanol–water partition coefficient (Wildman–Crippen LogP) is 1.10. The van der Waals surface area contributed by atoms with E-state index in [0.717, 1.165) is 11.8 Å². The third-order valence-corrected chi connectivity index (χ3v) is 3.26. The molecule has 0 aromatic heterocycles. The highest BCUT2D eigenvalue weighted by Crippen LogP contribution is 2.04. The first-order chi connectivity index (χ1) is 11.2. The van der Waals surface area contributed by atoms with Crippen molar-refractivity contribution in [2.75, 3.05) is 20.4 Å². The van der Waals surface area contributed by atoms with E-state index in [4.69, 9.17) is 0 Å². The van der Waals surface area contributed by atoms with Crippen LogP contribution in [0.3, 0.4) is 0 Å². The smallest absolute Gasteiger partial charge is 0.328 e. The van der Waals surface area contributed by atoms with Crippen molar-refractivity contribution in [3.63, 3.8) is 0 Å². The highest BCUT2D eigenvalue weighted by molar-refractivity contribution is 7.88. The minimum absolute atomic E-state index is 0.244. The fraction of sp³-hybridized carbons (Fsp3) is 0.500. The Bertz CT molecular complexity index is 573. The van der Waals surface area contributed by atoms with E-state index < -0.39 is 22.0 Å². The Morgan fingerprint density at radius 3 is 1.96 bits per heavy atom. The number of methoxy groups -OCH3 is 1. The highest BCUT2D eigenvalue weighted by Gasteiger charge is 2.20. The Kier molecular flexibility index (Phi) is 13.7. The summed E-state index contributed by atoms with van der Waals surface area (Å²) in [5, 5.41) is 2.57. The molecule has 0 spiro atoms. The summed E-state index contributed by atoms with van der Waals surface area (Å²) >= 11 is 0. The summed E-state index contributed by atoms with van der Waals surface area (Å²) < 4.78 is 26.5. The standard InChI is InChI=1S/C12H15NO3.C2H7NO2S.C2H6/c1-9(14)13-11(12(15)16-2)8-10-6-4-3-5-7-10;1-3-6(2,4)5;1-2/h3-7,11H,8H2,1-2H3,(H,13,14);3H,1-2H3;1-2H3. The van der Waals surface area contributed by atoms with Crippen LogP contribution in [0.1, 0.15) is 26.3 Å². The van der Waals surface area contributed by atoms with Crippen LogP contribution in [0.4, 0.5) is 0 Å². The molecule has 1 unspecified atom stereocenters. The SMILES string of the molecule is CC.CNS(C)(=O)=O.COC(=O)C(Cc1ccccc1)NC(C)=O. The maximum absolute atomic E-state index is 11.4. The predicted molar refractivity (Wildman–Crippen MR) is 95.0 cm³/mol. The van der Waals surface area contributed by atoms with Gasteiger partial charge < -0.3 is 10.1 Å². The average molecular weight is 360 g/mol. The molecule has 1 aromatic rings. The minimum atomic E-state index is -2.91. The number of hydrogen-bond donors (Lipinski definition) is 2.